The molecule has 3 aromatic rings. The van der Waals surface area contributed by atoms with E-state index in [0.29, 0.717) is 0 Å². The number of nitrogens with zero attached hydrogens (tertiary/aromatic N) is 2. The summed E-state index contributed by atoms with van der Waals surface area (Å²) in [4.78, 5) is 4.54. The lowest BCUT2D eigenvalue weighted by Gasteiger charge is -1.98. The Kier molecular flexibility index (Phi) is 4.36. The first-order valence-corrected chi connectivity index (χ1v) is 7.96. The number of hydrogen-bond acceptors (Lipinski definition) is 3. The highest BCUT2D eigenvalue weighted by atomic mass is 32.2. The molecule has 0 aliphatic carbocycles. The molecule has 2 aromatic carbocycles. The minimum absolute atomic E-state index is 0.807. The number of nitrogens with one attached hydrogen (secondary N) is 1. The predicted molar refractivity (Wildman–Crippen MR) is 87.4 cm³/mol. The van der Waals surface area contributed by atoms with Gasteiger partial charge in [-0.3, -0.25) is 5.10 Å². The average molecular weight is 295 g/mol. The number of aromatic amines is 1. The van der Waals surface area contributed by atoms with Crippen molar-refractivity contribution in [1.29, 1.82) is 0 Å². The van der Waals surface area contributed by atoms with Gasteiger partial charge in [-0.1, -0.05) is 71.9 Å². The van der Waals surface area contributed by atoms with Crippen LogP contribution in [0, 0.1) is 6.92 Å². The average Bonchev–Trinajstić information content (AvgIpc) is 2.98. The van der Waals surface area contributed by atoms with E-state index in [1.54, 1.807) is 11.8 Å². The maximum atomic E-state index is 4.54. The highest BCUT2D eigenvalue weighted by Crippen LogP contribution is 2.20. The van der Waals surface area contributed by atoms with E-state index in [0.717, 1.165) is 28.7 Å². The molecule has 21 heavy (non-hydrogen) atoms. The van der Waals surface area contributed by atoms with Crippen LogP contribution in [0.1, 0.15) is 11.1 Å². The van der Waals surface area contributed by atoms with Crippen molar-refractivity contribution in [2.24, 2.45) is 0 Å². The van der Waals surface area contributed by atoms with Crippen molar-refractivity contribution < 1.29 is 0 Å². The molecule has 106 valence electrons. The highest BCUT2D eigenvalue weighted by molar-refractivity contribution is 7.99. The van der Waals surface area contributed by atoms with Crippen molar-refractivity contribution in [3.05, 3.63) is 65.7 Å². The van der Waals surface area contributed by atoms with Crippen molar-refractivity contribution in [2.45, 2.75) is 18.5 Å². The fourth-order valence-electron chi connectivity index (χ4n) is 2.06. The van der Waals surface area contributed by atoms with Crippen LogP contribution < -0.4 is 0 Å². The van der Waals surface area contributed by atoms with Crippen LogP contribution in [0.25, 0.3) is 11.4 Å². The molecule has 0 atom stereocenters. The second-order valence-corrected chi connectivity index (χ2v) is 5.98. The van der Waals surface area contributed by atoms with Crippen LogP contribution in [0.4, 0.5) is 0 Å². The minimum atomic E-state index is 0.807. The zero-order valence-electron chi connectivity index (χ0n) is 11.9. The Bertz CT molecular complexity index is 690. The standard InChI is InChI=1S/C17H17N3S/c1-13-7-9-15(10-8-13)16-18-17(20-19-16)21-12-11-14-5-3-2-4-6-14/h2-10H,11-12H2,1H3,(H,18,19,20). The van der Waals surface area contributed by atoms with Gasteiger partial charge in [0, 0.05) is 11.3 Å². The van der Waals surface area contributed by atoms with E-state index in [9.17, 15) is 0 Å². The van der Waals surface area contributed by atoms with Crippen molar-refractivity contribution in [2.75, 3.05) is 5.75 Å². The molecule has 1 heterocycles. The van der Waals surface area contributed by atoms with Crippen LogP contribution in [-0.2, 0) is 6.42 Å². The van der Waals surface area contributed by atoms with Gasteiger partial charge in [-0.05, 0) is 18.9 Å². The van der Waals surface area contributed by atoms with E-state index in [1.165, 1.54) is 11.1 Å². The maximum absolute atomic E-state index is 4.54. The SMILES string of the molecule is Cc1ccc(-c2nc(SCCc3ccccc3)n[nH]2)cc1. The molecular weight excluding hydrogens is 278 g/mol. The maximum Gasteiger partial charge on any atom is 0.208 e. The fourth-order valence-corrected chi connectivity index (χ4v) is 2.84. The summed E-state index contributed by atoms with van der Waals surface area (Å²) in [7, 11) is 0. The molecule has 0 spiro atoms. The summed E-state index contributed by atoms with van der Waals surface area (Å²) in [6.45, 7) is 2.08. The van der Waals surface area contributed by atoms with Gasteiger partial charge in [0.1, 0.15) is 0 Å². The molecule has 0 aliphatic rings. The molecule has 0 unspecified atom stereocenters. The van der Waals surface area contributed by atoms with Crippen LogP contribution in [0.15, 0.2) is 59.8 Å². The first-order chi connectivity index (χ1) is 10.3. The number of hydrogen-bond donors (Lipinski definition) is 1. The number of aryl methyl sites for hydroxylation is 2. The Morgan fingerprint density at radius 1 is 1.00 bits per heavy atom. The third-order valence-electron chi connectivity index (χ3n) is 3.25. The Balaban J connectivity index is 1.59. The Hall–Kier alpha value is -2.07. The summed E-state index contributed by atoms with van der Waals surface area (Å²) in [6, 6.07) is 18.8. The van der Waals surface area contributed by atoms with Gasteiger partial charge in [0.2, 0.25) is 5.16 Å². The third kappa shape index (κ3) is 3.73. The molecule has 0 radical (unpaired) electrons. The second kappa shape index (κ2) is 6.59. The Morgan fingerprint density at radius 2 is 1.76 bits per heavy atom. The normalized spacial score (nSPS) is 10.7. The van der Waals surface area contributed by atoms with Crippen molar-refractivity contribution >= 4 is 11.8 Å². The number of aromatic nitrogens is 3. The monoisotopic (exact) mass is 295 g/mol. The number of H-pyrrole nitrogens is 1. The molecule has 0 bridgehead atoms. The molecule has 0 fully saturated rings. The van der Waals surface area contributed by atoms with Crippen LogP contribution in [0.5, 0.6) is 0 Å². The second-order valence-electron chi connectivity index (χ2n) is 4.92. The van der Waals surface area contributed by atoms with E-state index in [2.05, 4.69) is 70.6 Å². The van der Waals surface area contributed by atoms with Crippen molar-refractivity contribution in [3.8, 4) is 11.4 Å². The van der Waals surface area contributed by atoms with Crippen LogP contribution in [0.3, 0.4) is 0 Å². The Labute approximate surface area is 128 Å². The molecule has 0 saturated carbocycles. The lowest BCUT2D eigenvalue weighted by atomic mass is 10.1. The largest absolute Gasteiger partial charge is 0.258 e. The minimum Gasteiger partial charge on any atom is -0.258 e. The summed E-state index contributed by atoms with van der Waals surface area (Å²) >= 11 is 1.68. The zero-order chi connectivity index (χ0) is 14.5. The topological polar surface area (TPSA) is 41.6 Å². The van der Waals surface area contributed by atoms with E-state index in [1.807, 2.05) is 6.07 Å². The molecule has 4 heteroatoms. The lowest BCUT2D eigenvalue weighted by Crippen LogP contribution is -1.88. The quantitative estimate of drug-likeness (QED) is 0.720. The zero-order valence-corrected chi connectivity index (χ0v) is 12.7. The van der Waals surface area contributed by atoms with Gasteiger partial charge in [0.05, 0.1) is 0 Å². The highest BCUT2D eigenvalue weighted by Gasteiger charge is 2.06. The molecule has 0 saturated heterocycles. The van der Waals surface area contributed by atoms with E-state index < -0.39 is 0 Å². The van der Waals surface area contributed by atoms with Crippen LogP contribution in [0.2, 0.25) is 0 Å². The van der Waals surface area contributed by atoms with Gasteiger partial charge in [0.15, 0.2) is 5.82 Å². The predicted octanol–water partition coefficient (Wildman–Crippen LogP) is 4.11. The summed E-state index contributed by atoms with van der Waals surface area (Å²) in [6.07, 6.45) is 1.03. The molecular formula is C17H17N3S. The van der Waals surface area contributed by atoms with Crippen LogP contribution >= 0.6 is 11.8 Å². The van der Waals surface area contributed by atoms with Crippen molar-refractivity contribution in [1.82, 2.24) is 15.2 Å². The van der Waals surface area contributed by atoms with Crippen molar-refractivity contribution in [3.63, 3.8) is 0 Å². The molecule has 3 nitrogen and oxygen atoms in total. The molecule has 0 aliphatic heterocycles. The van der Waals surface area contributed by atoms with Crippen LogP contribution in [-0.4, -0.2) is 20.9 Å². The first kappa shape index (κ1) is 13.9. The van der Waals surface area contributed by atoms with E-state index in [4.69, 9.17) is 0 Å². The van der Waals surface area contributed by atoms with Gasteiger partial charge in [-0.25, -0.2) is 4.98 Å². The van der Waals surface area contributed by atoms with Gasteiger partial charge >= 0.3 is 0 Å². The number of benzene rings is 2. The van der Waals surface area contributed by atoms with Gasteiger partial charge in [0.25, 0.3) is 0 Å². The summed E-state index contributed by atoms with van der Waals surface area (Å²) in [5.41, 5.74) is 3.66. The molecule has 3 rings (SSSR count). The smallest absolute Gasteiger partial charge is 0.208 e. The lowest BCUT2D eigenvalue weighted by molar-refractivity contribution is 0.970. The van der Waals surface area contributed by atoms with Gasteiger partial charge < -0.3 is 0 Å². The third-order valence-corrected chi connectivity index (χ3v) is 4.10. The summed E-state index contributed by atoms with van der Waals surface area (Å²) in [5.74, 6) is 1.81. The van der Waals surface area contributed by atoms with Gasteiger partial charge in [-0.15, -0.1) is 5.10 Å². The van der Waals surface area contributed by atoms with E-state index >= 15 is 0 Å². The Morgan fingerprint density at radius 3 is 2.52 bits per heavy atom. The molecule has 0 amide bonds. The fraction of sp³-hybridized carbons (Fsp3) is 0.176. The van der Waals surface area contributed by atoms with Gasteiger partial charge in [-0.2, -0.15) is 0 Å². The molecule has 1 aromatic heterocycles. The number of thioether (sulfide) groups is 1. The summed E-state index contributed by atoms with van der Waals surface area (Å²) < 4.78 is 0. The summed E-state index contributed by atoms with van der Waals surface area (Å²) in [5, 5.41) is 8.09. The molecule has 1 N–H and O–H groups in total. The first-order valence-electron chi connectivity index (χ1n) is 6.97. The van der Waals surface area contributed by atoms with E-state index in [-0.39, 0.29) is 0 Å². The number of rotatable bonds is 5.